The van der Waals surface area contributed by atoms with Crippen LogP contribution in [-0.4, -0.2) is 30.2 Å². The summed E-state index contributed by atoms with van der Waals surface area (Å²) in [5.41, 5.74) is 2.33. The standard InChI is InChI=1S/C23H29NO3/c1-2-3-14-22(25)27-24-17-15-21(16-18-24)26-23(19-10-6-4-7-11-19)20-12-8-5-9-13-20/h4-13,21,23H,2-3,14-18H2,1H3. The second kappa shape index (κ2) is 10.2. The number of ether oxygens (including phenoxy) is 1. The van der Waals surface area contributed by atoms with E-state index in [1.807, 2.05) is 36.4 Å². The molecule has 0 radical (unpaired) electrons. The van der Waals surface area contributed by atoms with Gasteiger partial charge in [-0.15, -0.1) is 5.06 Å². The zero-order valence-corrected chi connectivity index (χ0v) is 16.0. The Kier molecular flexibility index (Phi) is 7.43. The van der Waals surface area contributed by atoms with E-state index in [2.05, 4.69) is 31.2 Å². The van der Waals surface area contributed by atoms with E-state index in [1.165, 1.54) is 0 Å². The van der Waals surface area contributed by atoms with Crippen molar-refractivity contribution in [3.8, 4) is 0 Å². The Morgan fingerprint density at radius 2 is 1.56 bits per heavy atom. The molecule has 0 aromatic heterocycles. The van der Waals surface area contributed by atoms with Crippen LogP contribution in [0.1, 0.15) is 56.3 Å². The van der Waals surface area contributed by atoms with Gasteiger partial charge in [0.2, 0.25) is 0 Å². The Bertz CT molecular complexity index is 642. The minimum atomic E-state index is -0.123. The van der Waals surface area contributed by atoms with E-state index in [4.69, 9.17) is 9.57 Å². The van der Waals surface area contributed by atoms with Crippen LogP contribution in [0.4, 0.5) is 0 Å². The van der Waals surface area contributed by atoms with Crippen LogP contribution in [0.5, 0.6) is 0 Å². The van der Waals surface area contributed by atoms with Gasteiger partial charge in [-0.25, -0.2) is 0 Å². The maximum atomic E-state index is 11.8. The van der Waals surface area contributed by atoms with Gasteiger partial charge in [-0.2, -0.15) is 0 Å². The van der Waals surface area contributed by atoms with Crippen LogP contribution in [-0.2, 0) is 14.4 Å². The zero-order valence-electron chi connectivity index (χ0n) is 16.0. The van der Waals surface area contributed by atoms with Crippen LogP contribution in [0.2, 0.25) is 0 Å². The summed E-state index contributed by atoms with van der Waals surface area (Å²) in [6, 6.07) is 20.7. The Morgan fingerprint density at radius 1 is 1.00 bits per heavy atom. The Morgan fingerprint density at radius 3 is 2.07 bits per heavy atom. The first-order valence-corrected chi connectivity index (χ1v) is 9.97. The number of benzene rings is 2. The summed E-state index contributed by atoms with van der Waals surface area (Å²) >= 11 is 0. The van der Waals surface area contributed by atoms with Gasteiger partial charge in [-0.3, -0.25) is 4.79 Å². The van der Waals surface area contributed by atoms with E-state index in [0.29, 0.717) is 6.42 Å². The molecule has 3 rings (SSSR count). The topological polar surface area (TPSA) is 38.8 Å². The van der Waals surface area contributed by atoms with E-state index in [9.17, 15) is 4.79 Å². The lowest BCUT2D eigenvalue weighted by atomic mass is 10.0. The molecule has 4 nitrogen and oxygen atoms in total. The van der Waals surface area contributed by atoms with Gasteiger partial charge in [0, 0.05) is 19.5 Å². The molecule has 0 amide bonds. The number of rotatable bonds is 8. The van der Waals surface area contributed by atoms with E-state index < -0.39 is 0 Å². The molecule has 1 aliphatic heterocycles. The minimum absolute atomic E-state index is 0.0731. The molecule has 0 atom stereocenters. The van der Waals surface area contributed by atoms with Crippen molar-refractivity contribution in [2.75, 3.05) is 13.1 Å². The van der Waals surface area contributed by atoms with Gasteiger partial charge in [0.15, 0.2) is 0 Å². The monoisotopic (exact) mass is 367 g/mol. The number of nitrogens with zero attached hydrogens (tertiary/aromatic N) is 1. The largest absolute Gasteiger partial charge is 0.368 e. The van der Waals surface area contributed by atoms with Crippen LogP contribution >= 0.6 is 0 Å². The fourth-order valence-electron chi connectivity index (χ4n) is 3.37. The molecule has 0 N–H and O–H groups in total. The number of carbonyl (C=O) groups is 1. The Balaban J connectivity index is 1.57. The van der Waals surface area contributed by atoms with E-state index in [0.717, 1.165) is 49.9 Å². The van der Waals surface area contributed by atoms with E-state index >= 15 is 0 Å². The number of carbonyl (C=O) groups excluding carboxylic acids is 1. The van der Waals surface area contributed by atoms with Gasteiger partial charge >= 0.3 is 5.97 Å². The predicted octanol–water partition coefficient (Wildman–Crippen LogP) is 4.91. The third-order valence-corrected chi connectivity index (χ3v) is 4.90. The van der Waals surface area contributed by atoms with E-state index in [1.54, 1.807) is 5.06 Å². The molecule has 0 saturated carbocycles. The third kappa shape index (κ3) is 5.91. The summed E-state index contributed by atoms with van der Waals surface area (Å²) < 4.78 is 6.51. The number of unbranched alkanes of at least 4 members (excludes halogenated alkanes) is 1. The summed E-state index contributed by atoms with van der Waals surface area (Å²) in [6.45, 7) is 3.52. The number of hydrogen-bond acceptors (Lipinski definition) is 4. The summed E-state index contributed by atoms with van der Waals surface area (Å²) in [4.78, 5) is 17.3. The van der Waals surface area contributed by atoms with Crippen molar-refractivity contribution < 1.29 is 14.4 Å². The second-order valence-corrected chi connectivity index (χ2v) is 7.03. The van der Waals surface area contributed by atoms with Crippen molar-refractivity contribution >= 4 is 5.97 Å². The molecular formula is C23H29NO3. The van der Waals surface area contributed by atoms with Gasteiger partial charge < -0.3 is 9.57 Å². The lowest BCUT2D eigenvalue weighted by Gasteiger charge is -2.33. The molecule has 144 valence electrons. The summed E-state index contributed by atoms with van der Waals surface area (Å²) in [7, 11) is 0. The fourth-order valence-corrected chi connectivity index (χ4v) is 3.37. The smallest absolute Gasteiger partial charge is 0.325 e. The molecule has 1 aliphatic rings. The van der Waals surface area contributed by atoms with Gasteiger partial charge in [-0.1, -0.05) is 74.0 Å². The summed E-state index contributed by atoms with van der Waals surface area (Å²) in [5.74, 6) is -0.123. The first-order chi connectivity index (χ1) is 13.3. The maximum Gasteiger partial charge on any atom is 0.325 e. The Labute approximate surface area is 162 Å². The number of hydrogen-bond donors (Lipinski definition) is 0. The first-order valence-electron chi connectivity index (χ1n) is 9.97. The number of piperidine rings is 1. The molecule has 0 bridgehead atoms. The van der Waals surface area contributed by atoms with Crippen molar-refractivity contribution in [2.45, 2.75) is 51.2 Å². The molecule has 2 aromatic rings. The molecule has 0 unspecified atom stereocenters. The highest BCUT2D eigenvalue weighted by atomic mass is 16.7. The first kappa shape index (κ1) is 19.6. The van der Waals surface area contributed by atoms with Crippen LogP contribution in [0.15, 0.2) is 60.7 Å². The van der Waals surface area contributed by atoms with Gasteiger partial charge in [0.05, 0.1) is 6.10 Å². The highest BCUT2D eigenvalue weighted by Gasteiger charge is 2.26. The molecule has 1 fully saturated rings. The lowest BCUT2D eigenvalue weighted by molar-refractivity contribution is -0.201. The summed E-state index contributed by atoms with van der Waals surface area (Å²) in [5, 5.41) is 1.79. The predicted molar refractivity (Wildman–Crippen MR) is 106 cm³/mol. The number of hydroxylamine groups is 2. The van der Waals surface area contributed by atoms with Crippen molar-refractivity contribution in [3.63, 3.8) is 0 Å². The van der Waals surface area contributed by atoms with Crippen LogP contribution in [0, 0.1) is 0 Å². The van der Waals surface area contributed by atoms with Crippen molar-refractivity contribution in [3.05, 3.63) is 71.8 Å². The van der Waals surface area contributed by atoms with Crippen molar-refractivity contribution in [1.29, 1.82) is 0 Å². The molecule has 27 heavy (non-hydrogen) atoms. The highest BCUT2D eigenvalue weighted by Crippen LogP contribution is 2.30. The molecular weight excluding hydrogens is 338 g/mol. The average molecular weight is 367 g/mol. The minimum Gasteiger partial charge on any atom is -0.368 e. The molecule has 1 saturated heterocycles. The highest BCUT2D eigenvalue weighted by molar-refractivity contribution is 5.68. The molecule has 4 heteroatoms. The van der Waals surface area contributed by atoms with Crippen LogP contribution in [0.3, 0.4) is 0 Å². The van der Waals surface area contributed by atoms with Crippen molar-refractivity contribution in [1.82, 2.24) is 5.06 Å². The van der Waals surface area contributed by atoms with Gasteiger partial charge in [0.1, 0.15) is 6.10 Å². The zero-order chi connectivity index (χ0) is 18.9. The van der Waals surface area contributed by atoms with Gasteiger partial charge in [0.25, 0.3) is 0 Å². The molecule has 0 aliphatic carbocycles. The third-order valence-electron chi connectivity index (χ3n) is 4.90. The fraction of sp³-hybridized carbons (Fsp3) is 0.435. The molecule has 1 heterocycles. The Hall–Kier alpha value is -2.17. The van der Waals surface area contributed by atoms with Crippen LogP contribution < -0.4 is 0 Å². The average Bonchev–Trinajstić information content (AvgIpc) is 2.73. The molecule has 2 aromatic carbocycles. The SMILES string of the molecule is CCCCC(=O)ON1CCC(OC(c2ccccc2)c2ccccc2)CC1. The second-order valence-electron chi connectivity index (χ2n) is 7.03. The van der Waals surface area contributed by atoms with Crippen LogP contribution in [0.25, 0.3) is 0 Å². The molecule has 0 spiro atoms. The maximum absolute atomic E-state index is 11.8. The quantitative estimate of drug-likeness (QED) is 0.665. The summed E-state index contributed by atoms with van der Waals surface area (Å²) in [6.07, 6.45) is 4.18. The van der Waals surface area contributed by atoms with E-state index in [-0.39, 0.29) is 18.2 Å². The normalized spacial score (nSPS) is 15.8. The van der Waals surface area contributed by atoms with Crippen molar-refractivity contribution in [2.24, 2.45) is 0 Å². The van der Waals surface area contributed by atoms with Gasteiger partial charge in [-0.05, 0) is 30.4 Å². The lowest BCUT2D eigenvalue weighted by Crippen LogP contribution is -2.38.